The maximum atomic E-state index is 12.3. The first-order valence-corrected chi connectivity index (χ1v) is 9.55. The first kappa shape index (κ1) is 20.5. The Bertz CT molecular complexity index is 1070. The summed E-state index contributed by atoms with van der Waals surface area (Å²) in [6.45, 7) is 9.56. The third kappa shape index (κ3) is 4.42. The molecule has 1 heterocycles. The van der Waals surface area contributed by atoms with Crippen LogP contribution in [0.4, 0.5) is 0 Å². The Balaban J connectivity index is 1.57. The highest BCUT2D eigenvalue weighted by molar-refractivity contribution is 5.90. The van der Waals surface area contributed by atoms with Crippen molar-refractivity contribution in [2.75, 3.05) is 0 Å². The van der Waals surface area contributed by atoms with Crippen molar-refractivity contribution in [3.8, 4) is 5.75 Å². The summed E-state index contributed by atoms with van der Waals surface area (Å²) in [6.07, 6.45) is 0.934. The molecule has 2 amide bonds. The van der Waals surface area contributed by atoms with E-state index in [1.807, 2.05) is 58.0 Å². The van der Waals surface area contributed by atoms with Gasteiger partial charge in [0.25, 0.3) is 5.91 Å². The Labute approximate surface area is 170 Å². The van der Waals surface area contributed by atoms with Crippen LogP contribution in [0, 0.1) is 27.7 Å². The largest absolute Gasteiger partial charge is 0.481 e. The summed E-state index contributed by atoms with van der Waals surface area (Å²) in [5.41, 5.74) is 10.7. The van der Waals surface area contributed by atoms with Gasteiger partial charge < -0.3 is 9.15 Å². The van der Waals surface area contributed by atoms with Gasteiger partial charge in [-0.05, 0) is 62.9 Å². The van der Waals surface area contributed by atoms with E-state index in [0.717, 1.165) is 38.8 Å². The van der Waals surface area contributed by atoms with Crippen molar-refractivity contribution in [3.63, 3.8) is 0 Å². The van der Waals surface area contributed by atoms with Gasteiger partial charge in [0.15, 0.2) is 6.10 Å². The Morgan fingerprint density at radius 2 is 1.72 bits per heavy atom. The number of benzene rings is 2. The van der Waals surface area contributed by atoms with Crippen molar-refractivity contribution < 1.29 is 18.7 Å². The number of carbonyl (C=O) groups is 2. The molecular weight excluding hydrogens is 368 g/mol. The monoisotopic (exact) mass is 394 g/mol. The smallest absolute Gasteiger partial charge is 0.279 e. The van der Waals surface area contributed by atoms with E-state index in [1.165, 1.54) is 0 Å². The summed E-state index contributed by atoms with van der Waals surface area (Å²) < 4.78 is 11.4. The van der Waals surface area contributed by atoms with Crippen LogP contribution < -0.4 is 15.6 Å². The van der Waals surface area contributed by atoms with Gasteiger partial charge in [0.05, 0.1) is 12.7 Å². The molecule has 2 N–H and O–H groups in total. The first-order valence-electron chi connectivity index (χ1n) is 9.55. The zero-order valence-electron chi connectivity index (χ0n) is 17.4. The highest BCUT2D eigenvalue weighted by Crippen LogP contribution is 2.26. The maximum absolute atomic E-state index is 12.3. The molecule has 3 aromatic rings. The zero-order chi connectivity index (χ0) is 21.1. The van der Waals surface area contributed by atoms with E-state index in [-0.39, 0.29) is 12.3 Å². The van der Waals surface area contributed by atoms with Crippen LogP contribution in [-0.4, -0.2) is 17.9 Å². The van der Waals surface area contributed by atoms with Crippen molar-refractivity contribution in [1.29, 1.82) is 0 Å². The average Bonchev–Trinajstić information content (AvgIpc) is 3.09. The van der Waals surface area contributed by atoms with E-state index in [1.54, 1.807) is 13.2 Å². The second-order valence-electron chi connectivity index (χ2n) is 7.32. The van der Waals surface area contributed by atoms with Crippen LogP contribution in [0.1, 0.15) is 34.7 Å². The van der Waals surface area contributed by atoms with Gasteiger partial charge in [0, 0.05) is 10.9 Å². The minimum atomic E-state index is -0.754. The second kappa shape index (κ2) is 8.39. The van der Waals surface area contributed by atoms with Crippen LogP contribution in [0.15, 0.2) is 41.0 Å². The molecule has 6 heteroatoms. The Hall–Kier alpha value is -3.28. The van der Waals surface area contributed by atoms with Crippen molar-refractivity contribution in [3.05, 3.63) is 64.4 Å². The summed E-state index contributed by atoms with van der Waals surface area (Å²) >= 11 is 0. The van der Waals surface area contributed by atoms with Crippen molar-refractivity contribution in [2.45, 2.75) is 47.1 Å². The lowest BCUT2D eigenvalue weighted by atomic mass is 10.0. The van der Waals surface area contributed by atoms with Gasteiger partial charge in [0.2, 0.25) is 5.91 Å². The van der Waals surface area contributed by atoms with Crippen molar-refractivity contribution in [2.24, 2.45) is 0 Å². The number of amides is 2. The van der Waals surface area contributed by atoms with Gasteiger partial charge in [-0.1, -0.05) is 24.3 Å². The van der Waals surface area contributed by atoms with Gasteiger partial charge in [-0.25, -0.2) is 0 Å². The predicted octanol–water partition coefficient (Wildman–Crippen LogP) is 3.82. The molecule has 0 aliphatic carbocycles. The number of ether oxygens (including phenoxy) is 1. The normalized spacial score (nSPS) is 11.9. The van der Waals surface area contributed by atoms with E-state index < -0.39 is 12.0 Å². The first-order chi connectivity index (χ1) is 13.8. The Morgan fingerprint density at radius 3 is 2.48 bits per heavy atom. The van der Waals surface area contributed by atoms with Crippen LogP contribution in [-0.2, 0) is 16.0 Å². The van der Waals surface area contributed by atoms with Crippen molar-refractivity contribution >= 4 is 22.8 Å². The summed E-state index contributed by atoms with van der Waals surface area (Å²) in [5.74, 6) is -0.115. The van der Waals surface area contributed by atoms with E-state index in [0.29, 0.717) is 5.75 Å². The molecule has 0 fully saturated rings. The number of aryl methyl sites for hydroxylation is 3. The number of nitrogens with one attached hydrogen (secondary N) is 2. The molecule has 0 saturated carbocycles. The van der Waals surface area contributed by atoms with Crippen LogP contribution in [0.5, 0.6) is 5.75 Å². The molecule has 0 unspecified atom stereocenters. The Morgan fingerprint density at radius 1 is 1.00 bits per heavy atom. The quantitative estimate of drug-likeness (QED) is 0.645. The molecule has 0 saturated heterocycles. The minimum absolute atomic E-state index is 0.0992. The average molecular weight is 394 g/mol. The van der Waals surface area contributed by atoms with E-state index in [9.17, 15) is 9.59 Å². The number of rotatable bonds is 5. The number of hydrogen-bond donors (Lipinski definition) is 2. The predicted molar refractivity (Wildman–Crippen MR) is 112 cm³/mol. The van der Waals surface area contributed by atoms with Gasteiger partial charge in [-0.15, -0.1) is 0 Å². The molecule has 0 aliphatic heterocycles. The highest BCUT2D eigenvalue weighted by Gasteiger charge is 2.18. The van der Waals surface area contributed by atoms with E-state index in [2.05, 4.69) is 10.9 Å². The van der Waals surface area contributed by atoms with Gasteiger partial charge in [0.1, 0.15) is 11.3 Å². The minimum Gasteiger partial charge on any atom is -0.481 e. The topological polar surface area (TPSA) is 80.6 Å². The van der Waals surface area contributed by atoms with Crippen LogP contribution in [0.2, 0.25) is 0 Å². The molecule has 0 radical (unpaired) electrons. The fraction of sp³-hybridized carbons (Fsp3) is 0.304. The fourth-order valence-electron chi connectivity index (χ4n) is 3.07. The lowest BCUT2D eigenvalue weighted by molar-refractivity contribution is -0.132. The number of carbonyl (C=O) groups excluding carboxylic acids is 2. The SMILES string of the molecule is Cc1cccc(O[C@H](C)C(=O)NNC(=O)Cc2coc3c(C)c(C)ccc23)c1C. The maximum Gasteiger partial charge on any atom is 0.279 e. The van der Waals surface area contributed by atoms with Gasteiger partial charge in [-0.2, -0.15) is 0 Å². The standard InChI is InChI=1S/C23H26N2O4/c1-13-7-6-8-20(15(13)3)29-17(5)23(27)25-24-21(26)11-18-12-28-22-16(4)14(2)9-10-19(18)22/h6-10,12,17H,11H2,1-5H3,(H,24,26)(H,25,27)/t17-/m1/s1. The highest BCUT2D eigenvalue weighted by atomic mass is 16.5. The van der Waals surface area contributed by atoms with Crippen molar-refractivity contribution in [1.82, 2.24) is 10.9 Å². The summed E-state index contributed by atoms with van der Waals surface area (Å²) in [7, 11) is 0. The fourth-order valence-corrected chi connectivity index (χ4v) is 3.07. The molecule has 0 aliphatic rings. The summed E-state index contributed by atoms with van der Waals surface area (Å²) in [6, 6.07) is 9.63. The molecule has 1 aromatic heterocycles. The Kier molecular flexibility index (Phi) is 5.92. The van der Waals surface area contributed by atoms with Crippen LogP contribution in [0.3, 0.4) is 0 Å². The number of furan rings is 1. The van der Waals surface area contributed by atoms with E-state index >= 15 is 0 Å². The lowest BCUT2D eigenvalue weighted by Gasteiger charge is -2.17. The number of fused-ring (bicyclic) bond motifs is 1. The third-order valence-corrected chi connectivity index (χ3v) is 5.25. The van der Waals surface area contributed by atoms with Crippen LogP contribution >= 0.6 is 0 Å². The number of hydrogen-bond acceptors (Lipinski definition) is 4. The second-order valence-corrected chi connectivity index (χ2v) is 7.32. The molecule has 1 atom stereocenters. The summed E-state index contributed by atoms with van der Waals surface area (Å²) in [4.78, 5) is 24.6. The van der Waals surface area contributed by atoms with Gasteiger partial charge >= 0.3 is 0 Å². The molecule has 29 heavy (non-hydrogen) atoms. The molecule has 0 spiro atoms. The lowest BCUT2D eigenvalue weighted by Crippen LogP contribution is -2.47. The molecule has 6 nitrogen and oxygen atoms in total. The molecule has 2 aromatic carbocycles. The van der Waals surface area contributed by atoms with E-state index in [4.69, 9.17) is 9.15 Å². The van der Waals surface area contributed by atoms with Gasteiger partial charge in [-0.3, -0.25) is 20.4 Å². The molecular formula is C23H26N2O4. The number of hydrazine groups is 1. The molecule has 3 rings (SSSR count). The molecule has 152 valence electrons. The zero-order valence-corrected chi connectivity index (χ0v) is 17.4. The molecule has 0 bridgehead atoms. The summed E-state index contributed by atoms with van der Waals surface area (Å²) in [5, 5.41) is 0.904. The van der Waals surface area contributed by atoms with Crippen LogP contribution in [0.25, 0.3) is 11.0 Å². The third-order valence-electron chi connectivity index (χ3n) is 5.25.